The van der Waals surface area contributed by atoms with Crippen molar-refractivity contribution in [3.8, 4) is 16.9 Å². The predicted molar refractivity (Wildman–Crippen MR) is 103 cm³/mol. The number of carbonyl (C=O) groups is 1. The first kappa shape index (κ1) is 18.0. The topological polar surface area (TPSA) is 53.2 Å². The van der Waals surface area contributed by atoms with Crippen LogP contribution in [0.5, 0.6) is 5.75 Å². The minimum Gasteiger partial charge on any atom is -0.427 e. The Morgan fingerprint density at radius 3 is 2.38 bits per heavy atom. The first-order valence-corrected chi connectivity index (χ1v) is 8.64. The lowest BCUT2D eigenvalue weighted by molar-refractivity contribution is -0.131. The van der Waals surface area contributed by atoms with Crippen molar-refractivity contribution >= 4 is 17.0 Å². The molecule has 0 aliphatic carbocycles. The summed E-state index contributed by atoms with van der Waals surface area (Å²) in [5.74, 6) is 0.161. The zero-order valence-electron chi connectivity index (χ0n) is 15.9. The molecule has 0 unspecified atom stereocenters. The smallest absolute Gasteiger partial charge is 0.328 e. The molecule has 5 nitrogen and oxygen atoms in total. The highest BCUT2D eigenvalue weighted by atomic mass is 16.5. The van der Waals surface area contributed by atoms with Gasteiger partial charge in [0.05, 0.1) is 11.0 Å². The normalized spacial score (nSPS) is 11.7. The number of nitrogens with zero attached hydrogens (tertiary/aromatic N) is 2. The second-order valence-corrected chi connectivity index (χ2v) is 7.81. The van der Waals surface area contributed by atoms with E-state index in [0.717, 1.165) is 22.2 Å². The van der Waals surface area contributed by atoms with E-state index in [0.29, 0.717) is 12.3 Å². The zero-order chi connectivity index (χ0) is 19.1. The Labute approximate surface area is 152 Å². The van der Waals surface area contributed by atoms with Crippen LogP contribution in [0.25, 0.3) is 22.2 Å². The standard InChI is InChI=1S/C21H24N2O3/c1-14(24)26-17-8-6-7-15(11-17)16-9-10-18-19(12-16)22(5)20(25)23(18)13-21(2,3)4/h6-12H,13H2,1-5H3. The average molecular weight is 352 g/mol. The second-order valence-electron chi connectivity index (χ2n) is 7.81. The van der Waals surface area contributed by atoms with E-state index < -0.39 is 0 Å². The molecule has 0 saturated carbocycles. The van der Waals surface area contributed by atoms with Gasteiger partial charge in [-0.3, -0.25) is 13.9 Å². The van der Waals surface area contributed by atoms with Gasteiger partial charge in [-0.05, 0) is 40.8 Å². The highest BCUT2D eigenvalue weighted by Crippen LogP contribution is 2.28. The molecule has 136 valence electrons. The number of hydrogen-bond donors (Lipinski definition) is 0. The molecule has 0 bridgehead atoms. The Kier molecular flexibility index (Phi) is 4.48. The monoisotopic (exact) mass is 352 g/mol. The third-order valence-electron chi connectivity index (χ3n) is 4.21. The average Bonchev–Trinajstić information content (AvgIpc) is 2.78. The number of aryl methyl sites for hydroxylation is 1. The van der Waals surface area contributed by atoms with E-state index in [1.165, 1.54) is 6.92 Å². The van der Waals surface area contributed by atoms with Crippen LogP contribution in [0, 0.1) is 5.41 Å². The third-order valence-corrected chi connectivity index (χ3v) is 4.21. The van der Waals surface area contributed by atoms with E-state index >= 15 is 0 Å². The molecule has 1 heterocycles. The minimum atomic E-state index is -0.348. The Morgan fingerprint density at radius 2 is 1.73 bits per heavy atom. The molecule has 0 amide bonds. The van der Waals surface area contributed by atoms with Crippen molar-refractivity contribution in [2.24, 2.45) is 12.5 Å². The molecule has 0 aliphatic rings. The number of ether oxygens (including phenoxy) is 1. The predicted octanol–water partition coefficient (Wildman–Crippen LogP) is 3.98. The van der Waals surface area contributed by atoms with Gasteiger partial charge in [-0.25, -0.2) is 4.79 Å². The minimum absolute atomic E-state index is 0.00907. The zero-order valence-corrected chi connectivity index (χ0v) is 15.9. The van der Waals surface area contributed by atoms with Crippen LogP contribution >= 0.6 is 0 Å². The SMILES string of the molecule is CC(=O)Oc1cccc(-c2ccc3c(c2)n(C)c(=O)n3CC(C)(C)C)c1. The van der Waals surface area contributed by atoms with Gasteiger partial charge in [-0.1, -0.05) is 39.0 Å². The third kappa shape index (κ3) is 3.57. The van der Waals surface area contributed by atoms with Crippen LogP contribution in [0.1, 0.15) is 27.7 Å². The van der Waals surface area contributed by atoms with Gasteiger partial charge in [0.1, 0.15) is 5.75 Å². The van der Waals surface area contributed by atoms with Gasteiger partial charge in [0.15, 0.2) is 0 Å². The molecular weight excluding hydrogens is 328 g/mol. The number of carbonyl (C=O) groups excluding carboxylic acids is 1. The van der Waals surface area contributed by atoms with Gasteiger partial charge in [0.25, 0.3) is 0 Å². The summed E-state index contributed by atoms with van der Waals surface area (Å²) in [7, 11) is 1.79. The van der Waals surface area contributed by atoms with E-state index in [2.05, 4.69) is 20.8 Å². The number of imidazole rings is 1. The van der Waals surface area contributed by atoms with Crippen LogP contribution in [0.2, 0.25) is 0 Å². The van der Waals surface area contributed by atoms with Gasteiger partial charge in [-0.2, -0.15) is 0 Å². The summed E-state index contributed by atoms with van der Waals surface area (Å²) in [6, 6.07) is 13.4. The molecule has 5 heteroatoms. The fourth-order valence-electron chi connectivity index (χ4n) is 3.12. The number of fused-ring (bicyclic) bond motifs is 1. The van der Waals surface area contributed by atoms with Crippen molar-refractivity contribution in [1.29, 1.82) is 0 Å². The molecule has 0 radical (unpaired) electrons. The molecule has 0 saturated heterocycles. The van der Waals surface area contributed by atoms with Crippen LogP contribution in [0.3, 0.4) is 0 Å². The molecule has 0 aliphatic heterocycles. The first-order valence-electron chi connectivity index (χ1n) is 8.64. The maximum Gasteiger partial charge on any atom is 0.328 e. The lowest BCUT2D eigenvalue weighted by Gasteiger charge is -2.18. The van der Waals surface area contributed by atoms with Crippen LogP contribution < -0.4 is 10.4 Å². The molecule has 3 aromatic rings. The molecule has 0 atom stereocenters. The van der Waals surface area contributed by atoms with Gasteiger partial charge in [0, 0.05) is 20.5 Å². The summed E-state index contributed by atoms with van der Waals surface area (Å²) in [6.07, 6.45) is 0. The Morgan fingerprint density at radius 1 is 1.04 bits per heavy atom. The molecule has 26 heavy (non-hydrogen) atoms. The summed E-state index contributed by atoms with van der Waals surface area (Å²) in [5.41, 5.74) is 3.70. The molecule has 2 aromatic carbocycles. The number of hydrogen-bond acceptors (Lipinski definition) is 3. The van der Waals surface area contributed by atoms with Crippen molar-refractivity contribution in [3.05, 3.63) is 52.9 Å². The van der Waals surface area contributed by atoms with E-state index in [-0.39, 0.29) is 17.1 Å². The molecule has 0 spiro atoms. The van der Waals surface area contributed by atoms with Gasteiger partial charge >= 0.3 is 11.7 Å². The van der Waals surface area contributed by atoms with Gasteiger partial charge in [0.2, 0.25) is 0 Å². The van der Waals surface area contributed by atoms with Crippen molar-refractivity contribution in [3.63, 3.8) is 0 Å². The number of benzene rings is 2. The molecule has 0 fully saturated rings. The number of rotatable bonds is 3. The van der Waals surface area contributed by atoms with Crippen LogP contribution in [0.15, 0.2) is 47.3 Å². The number of esters is 1. The quantitative estimate of drug-likeness (QED) is 0.529. The van der Waals surface area contributed by atoms with E-state index in [1.807, 2.05) is 41.0 Å². The van der Waals surface area contributed by atoms with Crippen molar-refractivity contribution in [2.75, 3.05) is 0 Å². The lowest BCUT2D eigenvalue weighted by Crippen LogP contribution is -2.27. The lowest BCUT2D eigenvalue weighted by atomic mass is 9.97. The highest BCUT2D eigenvalue weighted by molar-refractivity contribution is 5.83. The van der Waals surface area contributed by atoms with Gasteiger partial charge in [-0.15, -0.1) is 0 Å². The van der Waals surface area contributed by atoms with Crippen LogP contribution in [0.4, 0.5) is 0 Å². The summed E-state index contributed by atoms with van der Waals surface area (Å²) < 4.78 is 8.68. The summed E-state index contributed by atoms with van der Waals surface area (Å²) >= 11 is 0. The first-order chi connectivity index (χ1) is 12.2. The summed E-state index contributed by atoms with van der Waals surface area (Å²) in [4.78, 5) is 23.8. The summed E-state index contributed by atoms with van der Waals surface area (Å²) in [5, 5.41) is 0. The molecule has 3 rings (SSSR count). The molecule has 1 aromatic heterocycles. The molecule has 0 N–H and O–H groups in total. The van der Waals surface area contributed by atoms with Crippen molar-refractivity contribution in [2.45, 2.75) is 34.2 Å². The largest absolute Gasteiger partial charge is 0.427 e. The van der Waals surface area contributed by atoms with Crippen LogP contribution in [-0.2, 0) is 18.4 Å². The fraction of sp³-hybridized carbons (Fsp3) is 0.333. The second kappa shape index (κ2) is 6.48. The number of aromatic nitrogens is 2. The fourth-order valence-corrected chi connectivity index (χ4v) is 3.12. The van der Waals surface area contributed by atoms with Crippen molar-refractivity contribution in [1.82, 2.24) is 9.13 Å². The van der Waals surface area contributed by atoms with Crippen LogP contribution in [-0.4, -0.2) is 15.1 Å². The van der Waals surface area contributed by atoms with E-state index in [9.17, 15) is 9.59 Å². The van der Waals surface area contributed by atoms with Crippen molar-refractivity contribution < 1.29 is 9.53 Å². The molecular formula is C21H24N2O3. The Bertz CT molecular complexity index is 1040. The Hall–Kier alpha value is -2.82. The maximum atomic E-state index is 12.7. The Balaban J connectivity index is 2.10. The van der Waals surface area contributed by atoms with Gasteiger partial charge < -0.3 is 4.74 Å². The van der Waals surface area contributed by atoms with E-state index in [4.69, 9.17) is 4.74 Å². The maximum absolute atomic E-state index is 12.7. The van der Waals surface area contributed by atoms with E-state index in [1.54, 1.807) is 17.7 Å². The highest BCUT2D eigenvalue weighted by Gasteiger charge is 2.18. The summed E-state index contributed by atoms with van der Waals surface area (Å²) in [6.45, 7) is 8.39.